The van der Waals surface area contributed by atoms with Crippen molar-refractivity contribution in [3.05, 3.63) is 48.0 Å². The summed E-state index contributed by atoms with van der Waals surface area (Å²) in [4.78, 5) is 27.2. The highest BCUT2D eigenvalue weighted by atomic mass is 16.5. The van der Waals surface area contributed by atoms with E-state index in [2.05, 4.69) is 5.32 Å². The maximum atomic E-state index is 13.1. The minimum absolute atomic E-state index is 0.0385. The number of amides is 2. The summed E-state index contributed by atoms with van der Waals surface area (Å²) in [7, 11) is 4.67. The van der Waals surface area contributed by atoms with Gasteiger partial charge in [-0.2, -0.15) is 0 Å². The van der Waals surface area contributed by atoms with Crippen LogP contribution in [0.25, 0.3) is 0 Å². The zero-order valence-electron chi connectivity index (χ0n) is 19.5. The number of hydrogen-bond donors (Lipinski definition) is 1. The fourth-order valence-corrected chi connectivity index (χ4v) is 3.01. The number of nitrogens with zero attached hydrogens (tertiary/aromatic N) is 1. The third-order valence-electron chi connectivity index (χ3n) is 4.80. The summed E-state index contributed by atoms with van der Waals surface area (Å²) in [5.41, 5.74) is 0.867. The molecule has 2 aromatic rings. The van der Waals surface area contributed by atoms with Gasteiger partial charge in [0.25, 0.3) is 5.91 Å². The van der Waals surface area contributed by atoms with E-state index in [1.807, 2.05) is 38.1 Å². The Hall–Kier alpha value is -3.42. The standard InChI is InChI=1S/C24H32N2O6/c1-16(2)25-24(28)17(3)26(14-18-7-9-19(29-4)10-8-18)23(27)15-32-22-12-20(30-5)11-21(13-22)31-6/h7-13,16-17H,14-15H2,1-6H3,(H,25,28)/t17-/m1/s1. The number of carbonyl (C=O) groups excluding carboxylic acids is 2. The van der Waals surface area contributed by atoms with E-state index in [1.54, 1.807) is 32.2 Å². The third kappa shape index (κ3) is 7.08. The van der Waals surface area contributed by atoms with Crippen LogP contribution in [0.15, 0.2) is 42.5 Å². The Labute approximate surface area is 189 Å². The fraction of sp³-hybridized carbons (Fsp3) is 0.417. The summed E-state index contributed by atoms with van der Waals surface area (Å²) in [6.07, 6.45) is 0. The summed E-state index contributed by atoms with van der Waals surface area (Å²) in [5, 5.41) is 2.86. The van der Waals surface area contributed by atoms with Crippen LogP contribution in [0.1, 0.15) is 26.3 Å². The number of methoxy groups -OCH3 is 3. The largest absolute Gasteiger partial charge is 0.497 e. The van der Waals surface area contributed by atoms with Crippen molar-refractivity contribution in [1.29, 1.82) is 0 Å². The molecule has 8 heteroatoms. The second kappa shape index (κ2) is 11.8. The van der Waals surface area contributed by atoms with Crippen molar-refractivity contribution in [1.82, 2.24) is 10.2 Å². The van der Waals surface area contributed by atoms with Crippen molar-refractivity contribution in [2.24, 2.45) is 0 Å². The minimum Gasteiger partial charge on any atom is -0.497 e. The molecule has 8 nitrogen and oxygen atoms in total. The van der Waals surface area contributed by atoms with E-state index in [1.165, 1.54) is 19.1 Å². The van der Waals surface area contributed by atoms with Gasteiger partial charge >= 0.3 is 0 Å². The number of rotatable bonds is 11. The van der Waals surface area contributed by atoms with Gasteiger partial charge in [-0.1, -0.05) is 12.1 Å². The number of ether oxygens (including phenoxy) is 4. The zero-order valence-corrected chi connectivity index (χ0v) is 19.5. The van der Waals surface area contributed by atoms with Crippen LogP contribution in [0.4, 0.5) is 0 Å². The maximum Gasteiger partial charge on any atom is 0.261 e. The monoisotopic (exact) mass is 444 g/mol. The average molecular weight is 445 g/mol. The van der Waals surface area contributed by atoms with Crippen LogP contribution >= 0.6 is 0 Å². The van der Waals surface area contributed by atoms with E-state index in [0.717, 1.165) is 5.56 Å². The van der Waals surface area contributed by atoms with E-state index in [0.29, 0.717) is 23.0 Å². The molecule has 0 spiro atoms. The summed E-state index contributed by atoms with van der Waals surface area (Å²) in [6.45, 7) is 5.46. The normalized spacial score (nSPS) is 11.5. The van der Waals surface area contributed by atoms with Gasteiger partial charge in [0, 0.05) is 30.8 Å². The molecule has 0 saturated heterocycles. The number of nitrogens with one attached hydrogen (secondary N) is 1. The Morgan fingerprint density at radius 1 is 0.844 bits per heavy atom. The molecule has 2 amide bonds. The Kier molecular flexibility index (Phi) is 9.19. The molecule has 0 aliphatic carbocycles. The first-order chi connectivity index (χ1) is 15.3. The highest BCUT2D eigenvalue weighted by molar-refractivity contribution is 5.88. The van der Waals surface area contributed by atoms with Gasteiger partial charge in [0.2, 0.25) is 5.91 Å². The van der Waals surface area contributed by atoms with Gasteiger partial charge in [0.05, 0.1) is 21.3 Å². The van der Waals surface area contributed by atoms with Crippen LogP contribution < -0.4 is 24.3 Å². The van der Waals surface area contributed by atoms with Crippen molar-refractivity contribution >= 4 is 11.8 Å². The highest BCUT2D eigenvalue weighted by Gasteiger charge is 2.27. The first-order valence-corrected chi connectivity index (χ1v) is 10.4. The van der Waals surface area contributed by atoms with Gasteiger partial charge in [-0.15, -0.1) is 0 Å². The molecule has 0 bridgehead atoms. The van der Waals surface area contributed by atoms with Crippen molar-refractivity contribution in [2.75, 3.05) is 27.9 Å². The SMILES string of the molecule is COc1ccc(CN(C(=O)COc2cc(OC)cc(OC)c2)[C@H](C)C(=O)NC(C)C)cc1. The summed E-state index contributed by atoms with van der Waals surface area (Å²) in [5.74, 6) is 1.68. The Bertz CT molecular complexity index is 876. The lowest BCUT2D eigenvalue weighted by molar-refractivity contribution is -0.142. The molecule has 0 unspecified atom stereocenters. The van der Waals surface area contributed by atoms with Gasteiger partial charge in [0.15, 0.2) is 6.61 Å². The molecule has 0 fully saturated rings. The predicted octanol–water partition coefficient (Wildman–Crippen LogP) is 3.03. The van der Waals surface area contributed by atoms with Crippen LogP contribution in [0, 0.1) is 0 Å². The van der Waals surface area contributed by atoms with E-state index in [-0.39, 0.29) is 31.0 Å². The lowest BCUT2D eigenvalue weighted by Crippen LogP contribution is -2.50. The van der Waals surface area contributed by atoms with Gasteiger partial charge in [0.1, 0.15) is 29.0 Å². The Balaban J connectivity index is 2.19. The van der Waals surface area contributed by atoms with E-state index in [4.69, 9.17) is 18.9 Å². The molecule has 2 rings (SSSR count). The summed E-state index contributed by atoms with van der Waals surface area (Å²) < 4.78 is 21.4. The Morgan fingerprint density at radius 2 is 1.38 bits per heavy atom. The molecule has 2 aromatic carbocycles. The van der Waals surface area contributed by atoms with E-state index < -0.39 is 6.04 Å². The van der Waals surface area contributed by atoms with Crippen LogP contribution in [-0.4, -0.2) is 56.7 Å². The molecule has 0 saturated carbocycles. The second-order valence-corrected chi connectivity index (χ2v) is 7.55. The van der Waals surface area contributed by atoms with Crippen LogP contribution in [0.3, 0.4) is 0 Å². The van der Waals surface area contributed by atoms with Crippen molar-refractivity contribution in [3.63, 3.8) is 0 Å². The first kappa shape index (κ1) is 24.8. The number of benzene rings is 2. The van der Waals surface area contributed by atoms with Gasteiger partial charge < -0.3 is 29.2 Å². The van der Waals surface area contributed by atoms with Crippen molar-refractivity contribution in [2.45, 2.75) is 39.4 Å². The topological polar surface area (TPSA) is 86.3 Å². The smallest absolute Gasteiger partial charge is 0.261 e. The molecule has 0 aliphatic rings. The minimum atomic E-state index is -0.685. The van der Waals surface area contributed by atoms with Gasteiger partial charge in [-0.3, -0.25) is 9.59 Å². The molecule has 1 atom stereocenters. The van der Waals surface area contributed by atoms with Crippen LogP contribution in [-0.2, 0) is 16.1 Å². The molecule has 32 heavy (non-hydrogen) atoms. The predicted molar refractivity (Wildman–Crippen MR) is 121 cm³/mol. The highest BCUT2D eigenvalue weighted by Crippen LogP contribution is 2.27. The van der Waals surface area contributed by atoms with Gasteiger partial charge in [-0.25, -0.2) is 0 Å². The van der Waals surface area contributed by atoms with Crippen molar-refractivity contribution < 1.29 is 28.5 Å². The summed E-state index contributed by atoms with van der Waals surface area (Å²) >= 11 is 0. The second-order valence-electron chi connectivity index (χ2n) is 7.55. The molecule has 0 radical (unpaired) electrons. The Morgan fingerprint density at radius 3 is 1.88 bits per heavy atom. The quantitative estimate of drug-likeness (QED) is 0.573. The van der Waals surface area contributed by atoms with E-state index in [9.17, 15) is 9.59 Å². The third-order valence-corrected chi connectivity index (χ3v) is 4.80. The summed E-state index contributed by atoms with van der Waals surface area (Å²) in [6, 6.07) is 11.7. The first-order valence-electron chi connectivity index (χ1n) is 10.4. The number of hydrogen-bond acceptors (Lipinski definition) is 6. The molecular weight excluding hydrogens is 412 g/mol. The molecule has 0 heterocycles. The zero-order chi connectivity index (χ0) is 23.7. The van der Waals surface area contributed by atoms with E-state index >= 15 is 0 Å². The maximum absolute atomic E-state index is 13.1. The molecular formula is C24H32N2O6. The average Bonchev–Trinajstić information content (AvgIpc) is 2.80. The van der Waals surface area contributed by atoms with Crippen LogP contribution in [0.2, 0.25) is 0 Å². The lowest BCUT2D eigenvalue weighted by atomic mass is 10.1. The fourth-order valence-electron chi connectivity index (χ4n) is 3.01. The molecule has 0 aromatic heterocycles. The van der Waals surface area contributed by atoms with Crippen LogP contribution in [0.5, 0.6) is 23.0 Å². The number of carbonyl (C=O) groups is 2. The lowest BCUT2D eigenvalue weighted by Gasteiger charge is -2.29. The molecule has 174 valence electrons. The van der Waals surface area contributed by atoms with Crippen molar-refractivity contribution in [3.8, 4) is 23.0 Å². The molecule has 0 aliphatic heterocycles. The molecule has 1 N–H and O–H groups in total. The van der Waals surface area contributed by atoms with Gasteiger partial charge in [-0.05, 0) is 38.5 Å².